The van der Waals surface area contributed by atoms with Gasteiger partial charge in [0, 0.05) is 26.1 Å². The number of nitrogens with zero attached hydrogens (tertiary/aromatic N) is 3. The summed E-state index contributed by atoms with van der Waals surface area (Å²) in [7, 11) is 1.61. The van der Waals surface area contributed by atoms with Gasteiger partial charge in [0.05, 0.1) is 18.1 Å². The highest BCUT2D eigenvalue weighted by Gasteiger charge is 2.31. The summed E-state index contributed by atoms with van der Waals surface area (Å²) in [6.07, 6.45) is 0.380. The molecular formula is C27H27N5O3. The predicted molar refractivity (Wildman–Crippen MR) is 134 cm³/mol. The number of hydrogen-bond donors (Lipinski definition) is 2. The second-order valence-corrected chi connectivity index (χ2v) is 8.46. The van der Waals surface area contributed by atoms with Crippen LogP contribution in [0.2, 0.25) is 0 Å². The number of carbonyl (C=O) groups excluding carboxylic acids is 2. The fraction of sp³-hybridized carbons (Fsp3) is 0.222. The molecule has 178 valence electrons. The number of carbonyl (C=O) groups is 2. The molecule has 0 bridgehead atoms. The molecule has 1 aliphatic heterocycles. The van der Waals surface area contributed by atoms with E-state index in [9.17, 15) is 9.59 Å². The lowest BCUT2D eigenvalue weighted by atomic mass is 10.1. The quantitative estimate of drug-likeness (QED) is 0.434. The Bertz CT molecular complexity index is 1330. The number of hydrogen-bond acceptors (Lipinski definition) is 4. The number of amides is 3. The molecule has 0 spiro atoms. The monoisotopic (exact) mass is 469 g/mol. The van der Waals surface area contributed by atoms with Crippen molar-refractivity contribution in [3.05, 3.63) is 90.0 Å². The van der Waals surface area contributed by atoms with Crippen molar-refractivity contribution in [3.63, 3.8) is 0 Å². The molecule has 5 rings (SSSR count). The van der Waals surface area contributed by atoms with E-state index in [0.29, 0.717) is 32.0 Å². The first-order valence-electron chi connectivity index (χ1n) is 11.6. The number of ether oxygens (including phenoxy) is 1. The van der Waals surface area contributed by atoms with E-state index in [1.807, 2.05) is 83.4 Å². The van der Waals surface area contributed by atoms with Crippen molar-refractivity contribution in [2.45, 2.75) is 25.6 Å². The predicted octanol–water partition coefficient (Wildman–Crippen LogP) is 3.50. The number of urea groups is 1. The number of nitrogens with one attached hydrogen (secondary N) is 2. The van der Waals surface area contributed by atoms with Crippen LogP contribution in [0.25, 0.3) is 11.0 Å². The summed E-state index contributed by atoms with van der Waals surface area (Å²) in [5.74, 6) is 1.11. The molecule has 1 aliphatic rings. The van der Waals surface area contributed by atoms with Gasteiger partial charge in [0.25, 0.3) is 0 Å². The molecule has 2 N–H and O–H groups in total. The van der Waals surface area contributed by atoms with E-state index in [0.717, 1.165) is 27.9 Å². The Hall–Kier alpha value is -4.33. The third-order valence-electron chi connectivity index (χ3n) is 6.19. The summed E-state index contributed by atoms with van der Waals surface area (Å²) in [4.78, 5) is 32.7. The van der Waals surface area contributed by atoms with Crippen molar-refractivity contribution in [2.24, 2.45) is 0 Å². The zero-order valence-corrected chi connectivity index (χ0v) is 19.5. The molecule has 35 heavy (non-hydrogen) atoms. The van der Waals surface area contributed by atoms with Gasteiger partial charge in [0.1, 0.15) is 11.8 Å². The number of methoxy groups -OCH3 is 1. The first-order valence-corrected chi connectivity index (χ1v) is 11.6. The van der Waals surface area contributed by atoms with Gasteiger partial charge in [0.2, 0.25) is 11.9 Å². The van der Waals surface area contributed by atoms with Crippen LogP contribution in [0.3, 0.4) is 0 Å². The summed E-state index contributed by atoms with van der Waals surface area (Å²) in [5.41, 5.74) is 3.75. The lowest BCUT2D eigenvalue weighted by Gasteiger charge is -2.22. The average Bonchev–Trinajstić information content (AvgIpc) is 3.47. The van der Waals surface area contributed by atoms with Crippen LogP contribution >= 0.6 is 0 Å². The number of imidazole rings is 1. The number of fused-ring (bicyclic) bond motifs is 3. The maximum absolute atomic E-state index is 13.3. The number of aromatic nitrogens is 2. The SMILES string of the molecule is COc1ccc(CNC(=O)[C@H](Cc2ccccc2)NC(=O)N2CCn3c2nc2ccccc23)cc1. The first kappa shape index (κ1) is 22.5. The topological polar surface area (TPSA) is 88.5 Å². The zero-order valence-electron chi connectivity index (χ0n) is 19.5. The molecule has 1 atom stereocenters. The minimum Gasteiger partial charge on any atom is -0.497 e. The van der Waals surface area contributed by atoms with Crippen LogP contribution in [0.4, 0.5) is 10.7 Å². The van der Waals surface area contributed by atoms with Crippen LogP contribution in [-0.2, 0) is 24.3 Å². The van der Waals surface area contributed by atoms with E-state index < -0.39 is 6.04 Å². The smallest absolute Gasteiger partial charge is 0.324 e. The van der Waals surface area contributed by atoms with E-state index >= 15 is 0 Å². The van der Waals surface area contributed by atoms with Crippen molar-refractivity contribution in [1.29, 1.82) is 0 Å². The van der Waals surface area contributed by atoms with Gasteiger partial charge in [-0.25, -0.2) is 9.78 Å². The lowest BCUT2D eigenvalue weighted by molar-refractivity contribution is -0.123. The first-order chi connectivity index (χ1) is 17.1. The summed E-state index contributed by atoms with van der Waals surface area (Å²) >= 11 is 0. The average molecular weight is 470 g/mol. The molecule has 8 heteroatoms. The molecule has 8 nitrogen and oxygen atoms in total. The highest BCUT2D eigenvalue weighted by molar-refractivity contribution is 5.96. The van der Waals surface area contributed by atoms with Gasteiger partial charge in [-0.2, -0.15) is 0 Å². The van der Waals surface area contributed by atoms with Crippen molar-refractivity contribution in [3.8, 4) is 5.75 Å². The van der Waals surface area contributed by atoms with Crippen molar-refractivity contribution >= 4 is 28.9 Å². The third kappa shape index (κ3) is 4.82. The lowest BCUT2D eigenvalue weighted by Crippen LogP contribution is -2.52. The number of para-hydroxylation sites is 2. The second kappa shape index (κ2) is 9.89. The van der Waals surface area contributed by atoms with Gasteiger partial charge in [-0.1, -0.05) is 54.6 Å². The van der Waals surface area contributed by atoms with Crippen LogP contribution in [-0.4, -0.2) is 41.2 Å². The summed E-state index contributed by atoms with van der Waals surface area (Å²) in [6, 6.07) is 23.9. The fourth-order valence-electron chi connectivity index (χ4n) is 4.32. The van der Waals surface area contributed by atoms with Crippen molar-refractivity contribution < 1.29 is 14.3 Å². The highest BCUT2D eigenvalue weighted by atomic mass is 16.5. The third-order valence-corrected chi connectivity index (χ3v) is 6.19. The van der Waals surface area contributed by atoms with Crippen LogP contribution in [0.15, 0.2) is 78.9 Å². The van der Waals surface area contributed by atoms with Crippen LogP contribution < -0.4 is 20.3 Å². The van der Waals surface area contributed by atoms with Gasteiger partial charge in [-0.3, -0.25) is 9.69 Å². The molecule has 3 amide bonds. The maximum Gasteiger partial charge on any atom is 0.324 e. The highest BCUT2D eigenvalue weighted by Crippen LogP contribution is 2.27. The summed E-state index contributed by atoms with van der Waals surface area (Å²) in [5, 5.41) is 5.91. The maximum atomic E-state index is 13.3. The number of benzene rings is 3. The molecule has 2 heterocycles. The van der Waals surface area contributed by atoms with Crippen LogP contribution in [0.5, 0.6) is 5.75 Å². The minimum atomic E-state index is -0.735. The summed E-state index contributed by atoms with van der Waals surface area (Å²) in [6.45, 7) is 1.52. The summed E-state index contributed by atoms with van der Waals surface area (Å²) < 4.78 is 7.22. The van der Waals surface area contributed by atoms with E-state index in [1.54, 1.807) is 12.0 Å². The Kier molecular flexibility index (Phi) is 6.34. The normalized spacial score (nSPS) is 13.3. The molecule has 0 saturated heterocycles. The van der Waals surface area contributed by atoms with Gasteiger partial charge in [0.15, 0.2) is 0 Å². The zero-order chi connectivity index (χ0) is 24.2. The van der Waals surface area contributed by atoms with Crippen LogP contribution in [0.1, 0.15) is 11.1 Å². The van der Waals surface area contributed by atoms with E-state index in [1.165, 1.54) is 0 Å². The van der Waals surface area contributed by atoms with Gasteiger partial charge in [-0.05, 0) is 35.4 Å². The van der Waals surface area contributed by atoms with Gasteiger partial charge >= 0.3 is 6.03 Å². The van der Waals surface area contributed by atoms with E-state index in [2.05, 4.69) is 15.6 Å². The molecule has 0 radical (unpaired) electrons. The Morgan fingerprint density at radius 2 is 1.69 bits per heavy atom. The largest absolute Gasteiger partial charge is 0.497 e. The Balaban J connectivity index is 1.31. The molecule has 0 saturated carbocycles. The molecule has 1 aromatic heterocycles. The Labute approximate surface area is 203 Å². The molecule has 3 aromatic carbocycles. The fourth-order valence-corrected chi connectivity index (χ4v) is 4.32. The minimum absolute atomic E-state index is 0.245. The van der Waals surface area contributed by atoms with Crippen molar-refractivity contribution in [2.75, 3.05) is 18.6 Å². The molecule has 0 fully saturated rings. The van der Waals surface area contributed by atoms with Gasteiger partial charge < -0.3 is 19.9 Å². The van der Waals surface area contributed by atoms with Crippen molar-refractivity contribution in [1.82, 2.24) is 20.2 Å². The van der Waals surface area contributed by atoms with Gasteiger partial charge in [-0.15, -0.1) is 0 Å². The van der Waals surface area contributed by atoms with Crippen LogP contribution in [0, 0.1) is 0 Å². The Morgan fingerprint density at radius 1 is 0.943 bits per heavy atom. The van der Waals surface area contributed by atoms with E-state index in [4.69, 9.17) is 4.74 Å². The van der Waals surface area contributed by atoms with E-state index in [-0.39, 0.29) is 11.9 Å². The molecular weight excluding hydrogens is 442 g/mol. The molecule has 0 unspecified atom stereocenters. The molecule has 0 aliphatic carbocycles. The number of rotatable bonds is 7. The standard InChI is InChI=1S/C27H27N5O3/c1-35-21-13-11-20(12-14-21)18-28-25(33)23(17-19-7-3-2-4-8-19)30-27(34)32-16-15-31-24-10-6-5-9-22(24)29-26(31)32/h2-14,23H,15-18H2,1H3,(H,28,33)(H,30,34)/t23-/m0/s1. The number of anilines is 1. The molecule has 4 aromatic rings. The Morgan fingerprint density at radius 3 is 2.46 bits per heavy atom. The second-order valence-electron chi connectivity index (χ2n) is 8.46.